The molecule has 7 rings (SSSR count). The second-order valence-corrected chi connectivity index (χ2v) is 9.59. The van der Waals surface area contributed by atoms with Crippen LogP contribution in [0.2, 0.25) is 0 Å². The van der Waals surface area contributed by atoms with Crippen LogP contribution in [0.25, 0.3) is 70.3 Å². The molecule has 0 N–H and O–H groups in total. The molecule has 0 bridgehead atoms. The molecule has 0 aliphatic carbocycles. The maximum Gasteiger partial charge on any atom is 0.206 e. The molecular weight excluding hydrogens is 502 g/mol. The van der Waals surface area contributed by atoms with Crippen molar-refractivity contribution >= 4 is 43.1 Å². The first-order valence-electron chi connectivity index (χ1n) is 12.5. The van der Waals surface area contributed by atoms with E-state index in [4.69, 9.17) is 6.57 Å². The molecule has 40 heavy (non-hydrogen) atoms. The Morgan fingerprint density at radius 2 is 0.950 bits per heavy atom. The van der Waals surface area contributed by atoms with Crippen LogP contribution >= 0.6 is 0 Å². The summed E-state index contributed by atoms with van der Waals surface area (Å²) in [5.74, 6) is -0.609. The zero-order valence-electron chi connectivity index (χ0n) is 20.8. The highest BCUT2D eigenvalue weighted by Gasteiger charge is 2.17. The number of halogens is 2. The van der Waals surface area contributed by atoms with Gasteiger partial charge in [-0.3, -0.25) is 0 Å². The highest BCUT2D eigenvalue weighted by molar-refractivity contribution is 6.21. The Bertz CT molecular complexity index is 2180. The Kier molecular flexibility index (Phi) is 5.23. The van der Waals surface area contributed by atoms with Crippen LogP contribution in [-0.2, 0) is 0 Å². The zero-order chi connectivity index (χ0) is 27.4. The Balaban J connectivity index is 1.54. The Morgan fingerprint density at radius 1 is 0.525 bits per heavy atom. The quantitative estimate of drug-likeness (QED) is 0.130. The van der Waals surface area contributed by atoms with Gasteiger partial charge < -0.3 is 0 Å². The van der Waals surface area contributed by atoms with Crippen molar-refractivity contribution in [2.75, 3.05) is 0 Å². The highest BCUT2D eigenvalue weighted by Crippen LogP contribution is 2.35. The average molecular weight is 519 g/mol. The summed E-state index contributed by atoms with van der Waals surface area (Å²) in [6.07, 6.45) is 1.95. The first-order chi connectivity index (χ1) is 19.6. The van der Waals surface area contributed by atoms with E-state index in [2.05, 4.69) is 15.0 Å². The van der Waals surface area contributed by atoms with Crippen molar-refractivity contribution in [2.24, 2.45) is 10.1 Å². The standard InChI is InChI=1S/C34H16F2N4/c1-38-40-34-30-15-22(20-4-10-24(36)11-5-20)7-13-26(30)28-16-31-27(17-32(28)34)25-12-6-21(14-29(25)33(31)39-18-37)19-2-8-23(35)9-3-19/h2-17H. The maximum atomic E-state index is 13.5. The lowest BCUT2D eigenvalue weighted by Crippen LogP contribution is -1.99. The summed E-state index contributed by atoms with van der Waals surface area (Å²) in [5.41, 5.74) is 3.50. The van der Waals surface area contributed by atoms with E-state index in [1.54, 1.807) is 24.3 Å². The van der Waals surface area contributed by atoms with Crippen LogP contribution in [-0.4, -0.2) is 0 Å². The predicted molar refractivity (Wildman–Crippen MR) is 153 cm³/mol. The third-order valence-corrected chi connectivity index (χ3v) is 7.46. The number of benzene rings is 5. The smallest absolute Gasteiger partial charge is 0.206 e. The van der Waals surface area contributed by atoms with Crippen LogP contribution in [0.5, 0.6) is 0 Å². The van der Waals surface area contributed by atoms with Crippen molar-refractivity contribution in [3.8, 4) is 28.4 Å². The molecule has 0 aromatic heterocycles. The topological polar surface area (TPSA) is 52.9 Å². The van der Waals surface area contributed by atoms with Gasteiger partial charge in [-0.1, -0.05) is 48.5 Å². The van der Waals surface area contributed by atoms with E-state index in [9.17, 15) is 14.0 Å². The Hall–Kier alpha value is -5.72. The Labute approximate surface area is 226 Å². The van der Waals surface area contributed by atoms with Gasteiger partial charge in [0.1, 0.15) is 11.6 Å². The summed E-state index contributed by atoms with van der Waals surface area (Å²) >= 11 is 0. The van der Waals surface area contributed by atoms with Crippen molar-refractivity contribution in [3.05, 3.63) is 131 Å². The molecule has 186 valence electrons. The molecule has 0 radical (unpaired) electrons. The van der Waals surface area contributed by atoms with Gasteiger partial charge in [-0.05, 0) is 92.3 Å². The molecule has 0 fully saturated rings. The highest BCUT2D eigenvalue weighted by atomic mass is 19.1. The maximum absolute atomic E-state index is 13.5. The number of nitrogens with zero attached hydrogens (tertiary/aromatic N) is 4. The number of fused-ring (bicyclic) bond motifs is 6. The van der Waals surface area contributed by atoms with Crippen molar-refractivity contribution in [2.45, 2.75) is 0 Å². The first kappa shape index (κ1) is 23.4. The van der Waals surface area contributed by atoms with Crippen LogP contribution in [0.1, 0.15) is 0 Å². The zero-order valence-corrected chi connectivity index (χ0v) is 20.8. The minimum Gasteiger partial charge on any atom is -0.207 e. The molecule has 0 aliphatic heterocycles. The molecule has 7 aromatic carbocycles. The van der Waals surface area contributed by atoms with Gasteiger partial charge in [0.05, 0.1) is 10.5 Å². The van der Waals surface area contributed by atoms with Crippen LogP contribution in [0.4, 0.5) is 8.78 Å². The van der Waals surface area contributed by atoms with E-state index in [0.29, 0.717) is 10.7 Å². The van der Waals surface area contributed by atoms with E-state index in [1.165, 1.54) is 24.3 Å². The van der Waals surface area contributed by atoms with E-state index in [0.717, 1.165) is 65.3 Å². The fraction of sp³-hybridized carbons (Fsp3) is 0. The summed E-state index contributed by atoms with van der Waals surface area (Å²) in [7, 11) is 0. The van der Waals surface area contributed by atoms with Crippen LogP contribution < -0.4 is 10.7 Å². The summed E-state index contributed by atoms with van der Waals surface area (Å²) in [4.78, 5) is 7.56. The molecular formula is C34H16F2N4. The summed E-state index contributed by atoms with van der Waals surface area (Å²) < 4.78 is 27.0. The average Bonchev–Trinajstić information content (AvgIpc) is 3.44. The van der Waals surface area contributed by atoms with E-state index >= 15 is 0 Å². The van der Waals surface area contributed by atoms with Crippen molar-refractivity contribution in [3.63, 3.8) is 0 Å². The number of hydrogen-bond acceptors (Lipinski definition) is 3. The van der Waals surface area contributed by atoms with Gasteiger partial charge in [0.15, 0.2) is 5.36 Å². The summed E-state index contributed by atoms with van der Waals surface area (Å²) in [6, 6.07) is 28.5. The van der Waals surface area contributed by atoms with Gasteiger partial charge in [-0.2, -0.15) is 16.8 Å². The molecule has 0 saturated carbocycles. The molecule has 6 heteroatoms. The lowest BCUT2D eigenvalue weighted by Gasteiger charge is -2.02. The normalized spacial score (nSPS) is 12.5. The van der Waals surface area contributed by atoms with Gasteiger partial charge in [-0.25, -0.2) is 8.78 Å². The van der Waals surface area contributed by atoms with Gasteiger partial charge >= 0.3 is 0 Å². The first-order valence-corrected chi connectivity index (χ1v) is 12.5. The molecule has 0 saturated heterocycles. The van der Waals surface area contributed by atoms with E-state index < -0.39 is 0 Å². The third kappa shape index (κ3) is 3.55. The predicted octanol–water partition coefficient (Wildman–Crippen LogP) is 7.90. The van der Waals surface area contributed by atoms with E-state index in [-0.39, 0.29) is 11.6 Å². The van der Waals surface area contributed by atoms with E-state index in [1.807, 2.05) is 54.7 Å². The van der Waals surface area contributed by atoms with Crippen LogP contribution in [0.15, 0.2) is 107 Å². The number of hydrogen-bond donors (Lipinski definition) is 0. The largest absolute Gasteiger partial charge is 0.207 e. The molecule has 0 aliphatic rings. The van der Waals surface area contributed by atoms with Crippen molar-refractivity contribution < 1.29 is 8.78 Å². The molecule has 0 amide bonds. The van der Waals surface area contributed by atoms with Crippen molar-refractivity contribution in [1.29, 1.82) is 5.26 Å². The fourth-order valence-electron chi connectivity index (χ4n) is 5.65. The minimum absolute atomic E-state index is 0.304. The molecule has 4 nitrogen and oxygen atoms in total. The van der Waals surface area contributed by atoms with Gasteiger partial charge in [0.2, 0.25) is 6.19 Å². The number of rotatable bonds is 2. The monoisotopic (exact) mass is 518 g/mol. The minimum atomic E-state index is -0.305. The van der Waals surface area contributed by atoms with Crippen LogP contribution in [0.3, 0.4) is 0 Å². The summed E-state index contributed by atoms with van der Waals surface area (Å²) in [6.45, 7) is 7.48. The van der Waals surface area contributed by atoms with Crippen molar-refractivity contribution in [1.82, 2.24) is 0 Å². The number of nitriles is 1. The van der Waals surface area contributed by atoms with Gasteiger partial charge in [-0.15, -0.1) is 4.95 Å². The summed E-state index contributed by atoms with van der Waals surface area (Å²) in [5, 5.41) is 21.8. The lowest BCUT2D eigenvalue weighted by atomic mass is 10.0. The SMILES string of the molecule is [C-]#[N+]N=c1c2cc(-c3ccc(F)cc3)ccc2c2cc3c(=NC#N)c4cc(-c5ccc(F)cc5)ccc4c3cc12. The Morgan fingerprint density at radius 3 is 1.43 bits per heavy atom. The molecule has 0 heterocycles. The van der Waals surface area contributed by atoms with Gasteiger partial charge in [0.25, 0.3) is 0 Å². The molecule has 0 spiro atoms. The second kappa shape index (κ2) is 8.94. The molecule has 7 aromatic rings. The fourth-order valence-corrected chi connectivity index (χ4v) is 5.65. The van der Waals surface area contributed by atoms with Crippen LogP contribution in [0, 0.1) is 29.7 Å². The lowest BCUT2D eigenvalue weighted by molar-refractivity contribution is 0.627. The molecule has 0 unspecified atom stereocenters. The van der Waals surface area contributed by atoms with Gasteiger partial charge in [0, 0.05) is 21.5 Å². The third-order valence-electron chi connectivity index (χ3n) is 7.46. The molecule has 0 atom stereocenters. The second-order valence-electron chi connectivity index (χ2n) is 9.59.